The predicted octanol–water partition coefficient (Wildman–Crippen LogP) is 1.29. The van der Waals surface area contributed by atoms with Crippen LogP contribution in [0.1, 0.15) is 31.2 Å². The minimum absolute atomic E-state index is 0.0811. The predicted molar refractivity (Wildman–Crippen MR) is 82.0 cm³/mol. The lowest BCUT2D eigenvalue weighted by Gasteiger charge is -2.23. The number of nitrogens with one attached hydrogen (secondary N) is 1. The van der Waals surface area contributed by atoms with Gasteiger partial charge in [-0.05, 0) is 37.8 Å². The van der Waals surface area contributed by atoms with Crippen molar-refractivity contribution in [2.24, 2.45) is 0 Å². The molecular formula is C17H24N2O2. The van der Waals surface area contributed by atoms with E-state index in [1.165, 1.54) is 5.56 Å². The summed E-state index contributed by atoms with van der Waals surface area (Å²) in [5, 5.41) is 12.4. The summed E-state index contributed by atoms with van der Waals surface area (Å²) >= 11 is 0. The molecule has 21 heavy (non-hydrogen) atoms. The van der Waals surface area contributed by atoms with Gasteiger partial charge >= 0.3 is 0 Å². The first-order valence-corrected chi connectivity index (χ1v) is 7.91. The van der Waals surface area contributed by atoms with Crippen molar-refractivity contribution in [3.63, 3.8) is 0 Å². The topological polar surface area (TPSA) is 52.6 Å². The molecule has 1 saturated heterocycles. The smallest absolute Gasteiger partial charge is 0.234 e. The third kappa shape index (κ3) is 3.27. The van der Waals surface area contributed by atoms with E-state index < -0.39 is 0 Å². The number of amides is 1. The van der Waals surface area contributed by atoms with Crippen molar-refractivity contribution in [3.8, 4) is 0 Å². The van der Waals surface area contributed by atoms with Crippen molar-refractivity contribution in [3.05, 3.63) is 35.9 Å². The van der Waals surface area contributed by atoms with E-state index in [2.05, 4.69) is 34.5 Å². The van der Waals surface area contributed by atoms with Crippen LogP contribution >= 0.6 is 0 Å². The normalized spacial score (nSPS) is 24.0. The van der Waals surface area contributed by atoms with Gasteiger partial charge in [0.25, 0.3) is 0 Å². The molecule has 0 aromatic heterocycles. The minimum atomic E-state index is 0.0811. The summed E-state index contributed by atoms with van der Waals surface area (Å²) in [6, 6.07) is 10.6. The molecule has 0 bridgehead atoms. The maximum absolute atomic E-state index is 12.1. The van der Waals surface area contributed by atoms with E-state index in [9.17, 15) is 9.90 Å². The molecule has 1 amide bonds. The number of likely N-dealkylation sites (tertiary alicyclic amines) is 1. The van der Waals surface area contributed by atoms with E-state index in [1.54, 1.807) is 0 Å². The fraction of sp³-hybridized carbons (Fsp3) is 0.588. The van der Waals surface area contributed by atoms with Gasteiger partial charge in [-0.2, -0.15) is 0 Å². The van der Waals surface area contributed by atoms with Crippen LogP contribution < -0.4 is 5.32 Å². The average molecular weight is 288 g/mol. The Hall–Kier alpha value is -1.39. The van der Waals surface area contributed by atoms with Gasteiger partial charge in [0.2, 0.25) is 5.91 Å². The molecule has 0 unspecified atom stereocenters. The first-order chi connectivity index (χ1) is 10.2. The third-order valence-corrected chi connectivity index (χ3v) is 4.92. The van der Waals surface area contributed by atoms with Crippen molar-refractivity contribution in [1.82, 2.24) is 10.2 Å². The Morgan fingerprint density at radius 1 is 1.33 bits per heavy atom. The summed E-state index contributed by atoms with van der Waals surface area (Å²) in [5.41, 5.74) is 1.50. The van der Waals surface area contributed by atoms with Crippen molar-refractivity contribution in [2.45, 2.75) is 37.1 Å². The summed E-state index contributed by atoms with van der Waals surface area (Å²) in [7, 11) is 0. The Kier molecular flexibility index (Phi) is 4.27. The Bertz CT molecular complexity index is 485. The molecule has 1 aliphatic carbocycles. The molecule has 4 nitrogen and oxygen atoms in total. The first kappa shape index (κ1) is 14.5. The summed E-state index contributed by atoms with van der Waals surface area (Å²) in [5.74, 6) is 0.0811. The monoisotopic (exact) mass is 288 g/mol. The van der Waals surface area contributed by atoms with Crippen LogP contribution in [0.15, 0.2) is 30.3 Å². The van der Waals surface area contributed by atoms with Crippen molar-refractivity contribution < 1.29 is 9.90 Å². The molecule has 4 heteroatoms. The zero-order chi connectivity index (χ0) is 14.7. The Morgan fingerprint density at radius 3 is 2.76 bits per heavy atom. The minimum Gasteiger partial charge on any atom is -0.395 e. The molecule has 0 radical (unpaired) electrons. The average Bonchev–Trinajstić information content (AvgIpc) is 3.19. The largest absolute Gasteiger partial charge is 0.395 e. The molecular weight excluding hydrogens is 264 g/mol. The van der Waals surface area contributed by atoms with Crippen LogP contribution in [0.5, 0.6) is 0 Å². The van der Waals surface area contributed by atoms with Gasteiger partial charge < -0.3 is 10.4 Å². The fourth-order valence-corrected chi connectivity index (χ4v) is 3.33. The highest BCUT2D eigenvalue weighted by molar-refractivity contribution is 5.78. The number of nitrogens with zero attached hydrogens (tertiary/aromatic N) is 1. The van der Waals surface area contributed by atoms with Crippen LogP contribution in [0.3, 0.4) is 0 Å². The quantitative estimate of drug-likeness (QED) is 0.829. The number of carbonyl (C=O) groups is 1. The molecule has 1 aromatic carbocycles. The summed E-state index contributed by atoms with van der Waals surface area (Å²) < 4.78 is 0. The van der Waals surface area contributed by atoms with Gasteiger partial charge in [0.05, 0.1) is 13.2 Å². The number of aliphatic hydroxyl groups is 1. The Labute approximate surface area is 126 Å². The molecule has 2 fully saturated rings. The third-order valence-electron chi connectivity index (χ3n) is 4.92. The van der Waals surface area contributed by atoms with Crippen LogP contribution in [0.4, 0.5) is 0 Å². The highest BCUT2D eigenvalue weighted by Crippen LogP contribution is 2.47. The Balaban J connectivity index is 1.50. The van der Waals surface area contributed by atoms with Crippen LogP contribution in [-0.2, 0) is 10.2 Å². The maximum atomic E-state index is 12.1. The SMILES string of the molecule is O=C(CN1CCC[C@@H]1CO)NCC1(c2ccccc2)CC1. The molecule has 1 aromatic rings. The molecule has 1 aliphatic heterocycles. The number of benzene rings is 1. The second-order valence-corrected chi connectivity index (χ2v) is 6.37. The lowest BCUT2D eigenvalue weighted by Crippen LogP contribution is -2.43. The van der Waals surface area contributed by atoms with Gasteiger partial charge in [-0.25, -0.2) is 0 Å². The van der Waals surface area contributed by atoms with Crippen LogP contribution in [0.25, 0.3) is 0 Å². The van der Waals surface area contributed by atoms with E-state index in [4.69, 9.17) is 0 Å². The van der Waals surface area contributed by atoms with E-state index in [1.807, 2.05) is 6.07 Å². The van der Waals surface area contributed by atoms with Gasteiger partial charge in [-0.1, -0.05) is 30.3 Å². The molecule has 1 saturated carbocycles. The number of rotatable bonds is 6. The fourth-order valence-electron chi connectivity index (χ4n) is 3.33. The van der Waals surface area contributed by atoms with Crippen molar-refractivity contribution >= 4 is 5.91 Å². The van der Waals surface area contributed by atoms with Gasteiger partial charge in [-0.15, -0.1) is 0 Å². The number of aliphatic hydroxyl groups excluding tert-OH is 1. The van der Waals surface area contributed by atoms with Gasteiger partial charge in [-0.3, -0.25) is 9.69 Å². The van der Waals surface area contributed by atoms with Crippen LogP contribution in [0, 0.1) is 0 Å². The van der Waals surface area contributed by atoms with E-state index in [0.29, 0.717) is 6.54 Å². The summed E-state index contributed by atoms with van der Waals surface area (Å²) in [6.07, 6.45) is 4.38. The molecule has 0 spiro atoms. The lowest BCUT2D eigenvalue weighted by molar-refractivity contribution is -0.122. The Morgan fingerprint density at radius 2 is 2.10 bits per heavy atom. The molecule has 2 aliphatic rings. The second kappa shape index (κ2) is 6.16. The number of carbonyl (C=O) groups excluding carboxylic acids is 1. The van der Waals surface area contributed by atoms with E-state index >= 15 is 0 Å². The number of hydrogen-bond donors (Lipinski definition) is 2. The second-order valence-electron chi connectivity index (χ2n) is 6.37. The lowest BCUT2D eigenvalue weighted by atomic mass is 9.96. The zero-order valence-corrected chi connectivity index (χ0v) is 12.4. The van der Waals surface area contributed by atoms with E-state index in [-0.39, 0.29) is 24.0 Å². The molecule has 114 valence electrons. The van der Waals surface area contributed by atoms with Gasteiger partial charge in [0, 0.05) is 18.0 Å². The van der Waals surface area contributed by atoms with Crippen LogP contribution in [0.2, 0.25) is 0 Å². The summed E-state index contributed by atoms with van der Waals surface area (Å²) in [4.78, 5) is 14.2. The standard InChI is InChI=1S/C17H24N2O2/c20-12-15-7-4-10-19(15)11-16(21)18-13-17(8-9-17)14-5-2-1-3-6-14/h1-3,5-6,15,20H,4,7-13H2,(H,18,21)/t15-/m1/s1. The zero-order valence-electron chi connectivity index (χ0n) is 12.4. The highest BCUT2D eigenvalue weighted by atomic mass is 16.3. The van der Waals surface area contributed by atoms with Gasteiger partial charge in [0.1, 0.15) is 0 Å². The molecule has 1 heterocycles. The summed E-state index contributed by atoms with van der Waals surface area (Å²) in [6.45, 7) is 2.22. The molecule has 1 atom stereocenters. The van der Waals surface area contributed by atoms with E-state index in [0.717, 1.165) is 38.8 Å². The van der Waals surface area contributed by atoms with Crippen LogP contribution in [-0.4, -0.2) is 48.2 Å². The highest BCUT2D eigenvalue weighted by Gasteiger charge is 2.44. The number of hydrogen-bond acceptors (Lipinski definition) is 3. The van der Waals surface area contributed by atoms with Crippen molar-refractivity contribution in [1.29, 1.82) is 0 Å². The van der Waals surface area contributed by atoms with Gasteiger partial charge in [0.15, 0.2) is 0 Å². The molecule has 3 rings (SSSR count). The van der Waals surface area contributed by atoms with Crippen molar-refractivity contribution in [2.75, 3.05) is 26.2 Å². The molecule has 2 N–H and O–H groups in total. The maximum Gasteiger partial charge on any atom is 0.234 e. The first-order valence-electron chi connectivity index (χ1n) is 7.91.